The van der Waals surface area contributed by atoms with Crippen LogP contribution < -0.4 is 9.91 Å². The number of carbonyl (C=O) groups is 1. The molecule has 0 N–H and O–H groups in total. The number of morpholine rings is 1. The summed E-state index contributed by atoms with van der Waals surface area (Å²) in [4.78, 5) is 27.8. The van der Waals surface area contributed by atoms with E-state index in [1.54, 1.807) is 0 Å². The first kappa shape index (κ1) is 20.5. The zero-order valence-corrected chi connectivity index (χ0v) is 17.4. The second-order valence-corrected chi connectivity index (χ2v) is 7.46. The molecule has 2 aromatic rings. The lowest BCUT2D eigenvalue weighted by Crippen LogP contribution is -2.41. The Bertz CT molecular complexity index is 1040. The van der Waals surface area contributed by atoms with Crippen LogP contribution in [-0.2, 0) is 9.53 Å². The van der Waals surface area contributed by atoms with Gasteiger partial charge in [-0.25, -0.2) is 0 Å². The van der Waals surface area contributed by atoms with Gasteiger partial charge >= 0.3 is 0 Å². The Morgan fingerprint density at radius 2 is 1.71 bits per heavy atom. The maximum Gasteiger partial charge on any atom is 0.282 e. The molecule has 1 fully saturated rings. The number of amidine groups is 1. The molecule has 0 aliphatic carbocycles. The van der Waals surface area contributed by atoms with E-state index in [4.69, 9.17) is 4.74 Å². The molecule has 160 valence electrons. The fourth-order valence-electron chi connectivity index (χ4n) is 3.46. The minimum Gasteiger partial charge on any atom is -0.378 e. The van der Waals surface area contributed by atoms with Crippen molar-refractivity contribution in [3.63, 3.8) is 0 Å². The quantitative estimate of drug-likeness (QED) is 0.428. The van der Waals surface area contributed by atoms with Crippen LogP contribution in [0.25, 0.3) is 6.08 Å². The van der Waals surface area contributed by atoms with Crippen LogP contribution in [0.4, 0.5) is 17.1 Å². The Labute approximate surface area is 180 Å². The summed E-state index contributed by atoms with van der Waals surface area (Å²) in [6.07, 6.45) is 1.83. The van der Waals surface area contributed by atoms with Gasteiger partial charge in [-0.05, 0) is 35.9 Å². The number of non-ortho nitro benzene ring substituents is 1. The van der Waals surface area contributed by atoms with Crippen molar-refractivity contribution in [2.75, 3.05) is 50.3 Å². The van der Waals surface area contributed by atoms with Crippen molar-refractivity contribution in [3.8, 4) is 0 Å². The van der Waals surface area contributed by atoms with Crippen molar-refractivity contribution in [1.82, 2.24) is 4.90 Å². The summed E-state index contributed by atoms with van der Waals surface area (Å²) in [5, 5.41) is 16.8. The molecule has 9 heteroatoms. The average molecular weight is 421 g/mol. The van der Waals surface area contributed by atoms with Crippen molar-refractivity contribution < 1.29 is 14.5 Å². The Kier molecular flexibility index (Phi) is 5.68. The predicted molar refractivity (Wildman–Crippen MR) is 119 cm³/mol. The van der Waals surface area contributed by atoms with Gasteiger partial charge in [-0.1, -0.05) is 12.1 Å². The highest BCUT2D eigenvalue weighted by atomic mass is 16.6. The second-order valence-electron chi connectivity index (χ2n) is 7.46. The number of nitrogens with zero attached hydrogens (tertiary/aromatic N) is 5. The minimum atomic E-state index is -0.471. The summed E-state index contributed by atoms with van der Waals surface area (Å²) in [6, 6.07) is 13.7. The first-order valence-electron chi connectivity index (χ1n) is 9.94. The largest absolute Gasteiger partial charge is 0.378 e. The molecule has 1 amide bonds. The summed E-state index contributed by atoms with van der Waals surface area (Å²) < 4.78 is 5.44. The lowest BCUT2D eigenvalue weighted by atomic mass is 10.1. The van der Waals surface area contributed by atoms with E-state index in [9.17, 15) is 14.9 Å². The van der Waals surface area contributed by atoms with Crippen LogP contribution in [0.1, 0.15) is 5.56 Å². The van der Waals surface area contributed by atoms with Crippen molar-refractivity contribution in [2.24, 2.45) is 5.10 Å². The third kappa shape index (κ3) is 4.26. The summed E-state index contributed by atoms with van der Waals surface area (Å²) in [6.45, 7) is 2.40. The summed E-state index contributed by atoms with van der Waals surface area (Å²) in [5.41, 5.74) is 2.88. The number of hydrazone groups is 1. The molecule has 0 unspecified atom stereocenters. The standard InChI is InChI=1S/C22H23N5O4/c1-24(2)17-5-3-16(4-6-17)15-20-21(25-11-13-31-14-12-25)23-26(22(20)28)18-7-9-19(10-8-18)27(29)30/h3-10,15H,11-14H2,1-2H3/b20-15-. The van der Waals surface area contributed by atoms with Gasteiger partial charge in [-0.2, -0.15) is 5.01 Å². The number of nitro benzene ring substituents is 1. The van der Waals surface area contributed by atoms with E-state index in [0.29, 0.717) is 43.4 Å². The smallest absolute Gasteiger partial charge is 0.282 e. The van der Waals surface area contributed by atoms with E-state index in [0.717, 1.165) is 11.3 Å². The van der Waals surface area contributed by atoms with E-state index >= 15 is 0 Å². The number of anilines is 2. The molecular formula is C22H23N5O4. The molecule has 4 rings (SSSR count). The monoisotopic (exact) mass is 421 g/mol. The van der Waals surface area contributed by atoms with Crippen LogP contribution >= 0.6 is 0 Å². The van der Waals surface area contributed by atoms with Crippen LogP contribution in [0.2, 0.25) is 0 Å². The van der Waals surface area contributed by atoms with Gasteiger partial charge in [0.1, 0.15) is 0 Å². The molecule has 0 saturated carbocycles. The molecule has 31 heavy (non-hydrogen) atoms. The molecule has 0 radical (unpaired) electrons. The molecule has 2 heterocycles. The molecule has 0 spiro atoms. The lowest BCUT2D eigenvalue weighted by Gasteiger charge is -2.28. The van der Waals surface area contributed by atoms with Gasteiger partial charge in [0, 0.05) is 45.0 Å². The normalized spacial score (nSPS) is 17.8. The third-order valence-corrected chi connectivity index (χ3v) is 5.19. The van der Waals surface area contributed by atoms with Crippen LogP contribution in [0.5, 0.6) is 0 Å². The highest BCUT2D eigenvalue weighted by Gasteiger charge is 2.35. The lowest BCUT2D eigenvalue weighted by molar-refractivity contribution is -0.384. The summed E-state index contributed by atoms with van der Waals surface area (Å²) in [5.74, 6) is 0.315. The first-order chi connectivity index (χ1) is 14.9. The number of nitro groups is 1. The van der Waals surface area contributed by atoms with Crippen molar-refractivity contribution in [1.29, 1.82) is 0 Å². The molecule has 2 aromatic carbocycles. The zero-order valence-electron chi connectivity index (χ0n) is 17.4. The predicted octanol–water partition coefficient (Wildman–Crippen LogP) is 2.74. The highest BCUT2D eigenvalue weighted by Crippen LogP contribution is 2.28. The number of rotatable bonds is 4. The van der Waals surface area contributed by atoms with E-state index in [1.165, 1.54) is 29.3 Å². The zero-order chi connectivity index (χ0) is 22.0. The average Bonchev–Trinajstić information content (AvgIpc) is 3.11. The van der Waals surface area contributed by atoms with Gasteiger partial charge in [-0.3, -0.25) is 14.9 Å². The van der Waals surface area contributed by atoms with Gasteiger partial charge in [0.15, 0.2) is 5.84 Å². The molecule has 0 aromatic heterocycles. The van der Waals surface area contributed by atoms with E-state index in [1.807, 2.05) is 54.2 Å². The maximum atomic E-state index is 13.3. The van der Waals surface area contributed by atoms with E-state index in [2.05, 4.69) is 5.10 Å². The second kappa shape index (κ2) is 8.57. The van der Waals surface area contributed by atoms with Crippen molar-refractivity contribution >= 4 is 34.9 Å². The van der Waals surface area contributed by atoms with Crippen LogP contribution in [0, 0.1) is 10.1 Å². The van der Waals surface area contributed by atoms with E-state index in [-0.39, 0.29) is 11.6 Å². The van der Waals surface area contributed by atoms with E-state index < -0.39 is 4.92 Å². The summed E-state index contributed by atoms with van der Waals surface area (Å²) in [7, 11) is 3.94. The highest BCUT2D eigenvalue weighted by molar-refractivity contribution is 6.32. The number of benzene rings is 2. The molecule has 2 aliphatic rings. The van der Waals surface area contributed by atoms with Crippen molar-refractivity contribution in [2.45, 2.75) is 0 Å². The molecule has 2 aliphatic heterocycles. The fraction of sp³-hybridized carbons (Fsp3) is 0.273. The van der Waals surface area contributed by atoms with Gasteiger partial charge < -0.3 is 14.5 Å². The number of amides is 1. The SMILES string of the molecule is CN(C)c1ccc(/C=C2\C(=O)N(c3ccc([N+](=O)[O-])cc3)N=C2N2CCOCC2)cc1. The van der Waals surface area contributed by atoms with Gasteiger partial charge in [0.05, 0.1) is 29.4 Å². The fourth-order valence-corrected chi connectivity index (χ4v) is 3.46. The Hall–Kier alpha value is -3.72. The Morgan fingerprint density at radius 3 is 2.29 bits per heavy atom. The first-order valence-corrected chi connectivity index (χ1v) is 9.94. The van der Waals surface area contributed by atoms with Crippen LogP contribution in [0.15, 0.2) is 59.2 Å². The topological polar surface area (TPSA) is 91.5 Å². The number of ether oxygens (including phenoxy) is 1. The summed E-state index contributed by atoms with van der Waals surface area (Å²) >= 11 is 0. The van der Waals surface area contributed by atoms with Crippen LogP contribution in [0.3, 0.4) is 0 Å². The van der Waals surface area contributed by atoms with Crippen molar-refractivity contribution in [3.05, 3.63) is 69.8 Å². The van der Waals surface area contributed by atoms with Gasteiger partial charge in [0.2, 0.25) is 0 Å². The number of hydrogen-bond donors (Lipinski definition) is 0. The molecule has 0 atom stereocenters. The Morgan fingerprint density at radius 1 is 1.06 bits per heavy atom. The van der Waals surface area contributed by atoms with Crippen LogP contribution in [-0.4, -0.2) is 62.0 Å². The minimum absolute atomic E-state index is 0.0375. The number of carbonyl (C=O) groups excluding carboxylic acids is 1. The third-order valence-electron chi connectivity index (χ3n) is 5.19. The van der Waals surface area contributed by atoms with Gasteiger partial charge in [-0.15, -0.1) is 5.10 Å². The molecule has 1 saturated heterocycles. The molecule has 9 nitrogen and oxygen atoms in total. The van der Waals surface area contributed by atoms with Gasteiger partial charge in [0.25, 0.3) is 11.6 Å². The molecule has 0 bridgehead atoms. The Balaban J connectivity index is 1.69. The molecular weight excluding hydrogens is 398 g/mol. The maximum absolute atomic E-state index is 13.3. The number of hydrogen-bond acceptors (Lipinski definition) is 7.